The van der Waals surface area contributed by atoms with E-state index in [4.69, 9.17) is 0 Å². The summed E-state index contributed by atoms with van der Waals surface area (Å²) in [7, 11) is 0. The number of piperidine rings is 1. The molecule has 36 heavy (non-hydrogen) atoms. The Balaban J connectivity index is 1.49. The van der Waals surface area contributed by atoms with Crippen molar-refractivity contribution in [2.24, 2.45) is 5.92 Å². The number of fused-ring (bicyclic) bond motifs is 2. The van der Waals surface area contributed by atoms with Crippen molar-refractivity contribution >= 4 is 11.7 Å². The maximum Gasteiger partial charge on any atom is 0.417 e. The number of hydrogen-bond donors (Lipinski definition) is 1. The summed E-state index contributed by atoms with van der Waals surface area (Å²) in [5.74, 6) is -2.21. The van der Waals surface area contributed by atoms with Gasteiger partial charge in [0.15, 0.2) is 11.6 Å². The van der Waals surface area contributed by atoms with E-state index in [1.807, 2.05) is 6.92 Å². The van der Waals surface area contributed by atoms with Crippen LogP contribution in [0.1, 0.15) is 44.7 Å². The van der Waals surface area contributed by atoms with E-state index in [0.717, 1.165) is 18.9 Å². The molecule has 6 rings (SSSR count). The van der Waals surface area contributed by atoms with Gasteiger partial charge in [-0.05, 0) is 44.2 Å². The summed E-state index contributed by atoms with van der Waals surface area (Å²) < 4.78 is 70.8. The predicted octanol–water partition coefficient (Wildman–Crippen LogP) is 5.07. The van der Waals surface area contributed by atoms with Gasteiger partial charge in [0.2, 0.25) is 0 Å². The SMILES string of the molecule is C[C@@H]1C[C@@H]2C[C@]([C@H](C)n3cnnc3)(C1)N2C(=O)Nc1cc(-c2ncc(F)cn2)c(C(F)(F)F)cc1F. The fraction of sp³-hybridized carbons (Fsp3) is 0.435. The van der Waals surface area contributed by atoms with E-state index < -0.39 is 52.0 Å². The van der Waals surface area contributed by atoms with Crippen molar-refractivity contribution in [1.29, 1.82) is 0 Å². The van der Waals surface area contributed by atoms with E-state index in [2.05, 4.69) is 32.4 Å². The van der Waals surface area contributed by atoms with E-state index in [-0.39, 0.29) is 18.2 Å². The van der Waals surface area contributed by atoms with Gasteiger partial charge in [0.05, 0.1) is 35.2 Å². The number of benzene rings is 1. The van der Waals surface area contributed by atoms with Gasteiger partial charge in [-0.1, -0.05) is 6.92 Å². The van der Waals surface area contributed by atoms with Gasteiger partial charge in [-0.3, -0.25) is 0 Å². The lowest BCUT2D eigenvalue weighted by Crippen LogP contribution is -2.74. The minimum atomic E-state index is -4.93. The zero-order chi connectivity index (χ0) is 25.8. The minimum absolute atomic E-state index is 0.0925. The predicted molar refractivity (Wildman–Crippen MR) is 118 cm³/mol. The van der Waals surface area contributed by atoms with E-state index in [1.165, 1.54) is 0 Å². The van der Waals surface area contributed by atoms with Crippen LogP contribution < -0.4 is 5.32 Å². The molecular weight excluding hydrogens is 485 g/mol. The molecule has 190 valence electrons. The molecule has 2 amide bonds. The molecule has 13 heteroatoms. The fourth-order valence-electron chi connectivity index (χ4n) is 5.68. The molecule has 4 heterocycles. The van der Waals surface area contributed by atoms with Gasteiger partial charge < -0.3 is 14.8 Å². The molecular formula is C23H22F5N7O. The van der Waals surface area contributed by atoms with Crippen LogP contribution in [-0.4, -0.2) is 47.2 Å². The molecule has 3 aromatic rings. The van der Waals surface area contributed by atoms with E-state index in [9.17, 15) is 26.7 Å². The molecule has 2 aliphatic heterocycles. The molecule has 0 radical (unpaired) electrons. The number of nitrogens with one attached hydrogen (secondary N) is 1. The molecule has 2 bridgehead atoms. The van der Waals surface area contributed by atoms with Crippen molar-refractivity contribution in [2.45, 2.75) is 56.9 Å². The van der Waals surface area contributed by atoms with Crippen LogP contribution in [0.2, 0.25) is 0 Å². The molecule has 0 spiro atoms. The van der Waals surface area contributed by atoms with Gasteiger partial charge in [-0.15, -0.1) is 10.2 Å². The Morgan fingerprint density at radius 3 is 2.44 bits per heavy atom. The number of rotatable bonds is 4. The Morgan fingerprint density at radius 2 is 1.81 bits per heavy atom. The maximum atomic E-state index is 14.9. The van der Waals surface area contributed by atoms with Gasteiger partial charge in [-0.2, -0.15) is 13.2 Å². The first kappa shape index (κ1) is 24.1. The lowest BCUT2D eigenvalue weighted by atomic mass is 9.61. The first-order valence-electron chi connectivity index (χ1n) is 11.3. The summed E-state index contributed by atoms with van der Waals surface area (Å²) >= 11 is 0. The molecule has 1 N–H and O–H groups in total. The largest absolute Gasteiger partial charge is 0.417 e. The Hall–Kier alpha value is -3.64. The van der Waals surface area contributed by atoms with E-state index in [0.29, 0.717) is 24.7 Å². The highest BCUT2D eigenvalue weighted by atomic mass is 19.4. The third-order valence-corrected chi connectivity index (χ3v) is 7.21. The summed E-state index contributed by atoms with van der Waals surface area (Å²) in [6, 6.07) is 0.217. The second kappa shape index (κ2) is 8.49. The van der Waals surface area contributed by atoms with E-state index >= 15 is 0 Å². The van der Waals surface area contributed by atoms with Gasteiger partial charge in [0.25, 0.3) is 0 Å². The van der Waals surface area contributed by atoms with E-state index in [1.54, 1.807) is 22.1 Å². The molecule has 2 saturated heterocycles. The number of carbonyl (C=O) groups is 1. The number of carbonyl (C=O) groups excluding carboxylic acids is 1. The van der Waals surface area contributed by atoms with Crippen molar-refractivity contribution in [3.05, 3.63) is 54.4 Å². The summed E-state index contributed by atoms with van der Waals surface area (Å²) in [5, 5.41) is 10.1. The normalized spacial score (nSPS) is 24.2. The van der Waals surface area contributed by atoms with Crippen LogP contribution in [0.25, 0.3) is 11.4 Å². The monoisotopic (exact) mass is 507 g/mol. The van der Waals surface area contributed by atoms with Gasteiger partial charge in [0, 0.05) is 11.6 Å². The molecule has 4 atom stereocenters. The Bertz CT molecular complexity index is 1280. The third-order valence-electron chi connectivity index (χ3n) is 7.21. The van der Waals surface area contributed by atoms with Crippen molar-refractivity contribution in [2.75, 3.05) is 5.32 Å². The molecule has 0 unspecified atom stereocenters. The lowest BCUT2D eigenvalue weighted by molar-refractivity contribution is -0.137. The zero-order valence-electron chi connectivity index (χ0n) is 19.3. The van der Waals surface area contributed by atoms with Crippen LogP contribution in [0, 0.1) is 17.6 Å². The van der Waals surface area contributed by atoms with Crippen LogP contribution in [0.5, 0.6) is 0 Å². The van der Waals surface area contributed by atoms with Gasteiger partial charge in [0.1, 0.15) is 18.5 Å². The second-order valence-electron chi connectivity index (χ2n) is 9.49. The average Bonchev–Trinajstić information content (AvgIpc) is 3.34. The number of amides is 2. The van der Waals surface area contributed by atoms with Crippen LogP contribution in [-0.2, 0) is 6.18 Å². The summed E-state index contributed by atoms with van der Waals surface area (Å²) in [6.07, 6.45) is 1.80. The van der Waals surface area contributed by atoms with Crippen molar-refractivity contribution in [3.63, 3.8) is 0 Å². The lowest BCUT2D eigenvalue weighted by Gasteiger charge is -2.65. The van der Waals surface area contributed by atoms with Crippen molar-refractivity contribution in [3.8, 4) is 11.4 Å². The third kappa shape index (κ3) is 3.95. The number of urea groups is 1. The smallest absolute Gasteiger partial charge is 0.315 e. The molecule has 1 aromatic carbocycles. The quantitative estimate of drug-likeness (QED) is 0.499. The molecule has 2 aromatic heterocycles. The minimum Gasteiger partial charge on any atom is -0.315 e. The van der Waals surface area contributed by atoms with Crippen LogP contribution in [0.3, 0.4) is 0 Å². The Kier molecular flexibility index (Phi) is 5.67. The molecule has 1 saturated carbocycles. The highest BCUT2D eigenvalue weighted by Gasteiger charge is 2.61. The van der Waals surface area contributed by atoms with Crippen LogP contribution in [0.4, 0.5) is 32.4 Å². The first-order chi connectivity index (χ1) is 17.0. The second-order valence-corrected chi connectivity index (χ2v) is 9.49. The highest BCUT2D eigenvalue weighted by Crippen LogP contribution is 2.55. The van der Waals surface area contributed by atoms with Crippen molar-refractivity contribution < 1.29 is 26.7 Å². The first-order valence-corrected chi connectivity index (χ1v) is 11.3. The number of nitrogens with zero attached hydrogens (tertiary/aromatic N) is 6. The standard InChI is InChI=1S/C23H22F5N7O/c1-12-3-15-7-22(6-12,13(2)34-10-31-32-11-34)35(15)21(36)33-19-4-16(20-29-8-14(24)9-30-20)17(5-18(19)25)23(26,27)28/h4-5,8-13,15H,3,6-7H2,1-2H3,(H,33,36)/t12-,13+,15-,22+/m1/s1. The molecule has 3 aliphatic rings. The van der Waals surface area contributed by atoms with Crippen LogP contribution >= 0.6 is 0 Å². The summed E-state index contributed by atoms with van der Waals surface area (Å²) in [5.41, 5.74) is -2.96. The number of alkyl halides is 3. The molecule has 3 fully saturated rings. The van der Waals surface area contributed by atoms with Crippen molar-refractivity contribution in [1.82, 2.24) is 29.6 Å². The fourth-order valence-corrected chi connectivity index (χ4v) is 5.68. The molecule has 1 aliphatic carbocycles. The number of aromatic nitrogens is 5. The number of anilines is 1. The van der Waals surface area contributed by atoms with Gasteiger partial charge in [-0.25, -0.2) is 23.5 Å². The number of halogens is 5. The zero-order valence-corrected chi connectivity index (χ0v) is 19.3. The van der Waals surface area contributed by atoms with Crippen LogP contribution in [0.15, 0.2) is 37.2 Å². The Labute approximate surface area is 202 Å². The topological polar surface area (TPSA) is 88.8 Å². The Morgan fingerprint density at radius 1 is 1.14 bits per heavy atom. The van der Waals surface area contributed by atoms with Gasteiger partial charge >= 0.3 is 12.2 Å². The summed E-state index contributed by atoms with van der Waals surface area (Å²) in [4.78, 5) is 22.3. The highest BCUT2D eigenvalue weighted by molar-refractivity contribution is 5.92. The maximum absolute atomic E-state index is 14.9. The number of hydrogen-bond acceptors (Lipinski definition) is 5. The summed E-state index contributed by atoms with van der Waals surface area (Å²) in [6.45, 7) is 4.04. The molecule has 8 nitrogen and oxygen atoms in total. The average molecular weight is 507 g/mol.